The summed E-state index contributed by atoms with van der Waals surface area (Å²) in [4.78, 5) is 26.5. The predicted octanol–water partition coefficient (Wildman–Crippen LogP) is 7.52. The minimum absolute atomic E-state index is 0.302. The highest BCUT2D eigenvalue weighted by atomic mass is 32.1. The molecule has 1 amide bonds. The Morgan fingerprint density at radius 2 is 1.80 bits per heavy atom. The fraction of sp³-hybridized carbons (Fsp3) is 0.486. The van der Waals surface area contributed by atoms with Gasteiger partial charge in [0.2, 0.25) is 5.91 Å². The van der Waals surface area contributed by atoms with Crippen LogP contribution in [0.15, 0.2) is 48.8 Å². The Labute approximate surface area is 248 Å². The second-order valence-corrected chi connectivity index (χ2v) is 14.2. The first-order chi connectivity index (χ1) is 19.7. The number of rotatable bonds is 9. The smallest absolute Gasteiger partial charge is 0.233 e. The van der Waals surface area contributed by atoms with Gasteiger partial charge in [-0.3, -0.25) is 9.78 Å². The van der Waals surface area contributed by atoms with E-state index in [0.29, 0.717) is 23.8 Å². The number of aromatic amines is 1. The molecule has 0 radical (unpaired) electrons. The molecule has 5 nitrogen and oxygen atoms in total. The van der Waals surface area contributed by atoms with Crippen LogP contribution < -0.4 is 5.32 Å². The first kappa shape index (κ1) is 28.2. The highest BCUT2D eigenvalue weighted by Gasteiger charge is 2.43. The summed E-state index contributed by atoms with van der Waals surface area (Å²) in [6.07, 6.45) is 9.63. The van der Waals surface area contributed by atoms with Gasteiger partial charge in [0.15, 0.2) is 0 Å². The fourth-order valence-electron chi connectivity index (χ4n) is 7.15. The van der Waals surface area contributed by atoms with Crippen LogP contribution in [0.2, 0.25) is 0 Å². The molecule has 3 aliphatic rings. The number of piperidine rings is 2. The van der Waals surface area contributed by atoms with Crippen LogP contribution in [0.4, 0.5) is 0 Å². The van der Waals surface area contributed by atoms with E-state index in [-0.39, 0.29) is 0 Å². The molecule has 2 N–H and O–H groups in total. The van der Waals surface area contributed by atoms with Gasteiger partial charge in [0.1, 0.15) is 4.83 Å². The Bertz CT molecular complexity index is 1510. The van der Waals surface area contributed by atoms with Crippen LogP contribution in [0.1, 0.15) is 79.5 Å². The van der Waals surface area contributed by atoms with Gasteiger partial charge in [-0.05, 0) is 125 Å². The van der Waals surface area contributed by atoms with Gasteiger partial charge >= 0.3 is 0 Å². The number of carbonyl (C=O) groups excluding carboxylic acids is 1. The minimum atomic E-state index is -0.536. The summed E-state index contributed by atoms with van der Waals surface area (Å²) < 4.78 is 0. The lowest BCUT2D eigenvalue weighted by Gasteiger charge is -2.47. The van der Waals surface area contributed by atoms with Crippen LogP contribution in [0.25, 0.3) is 21.5 Å². The standard InChI is InChI=1S/C35H44N4OS/c1-22-16-23(2)18-27(17-22)32-31(24(3)20-37-15-12-25-10-13-36-14-11-25)29-19-30(41-33(29)38-32)35(4,5)34(40)39-21-26-6-8-28(39)9-7-26/h10-11,13-14,16-19,24,26,28,37-38H,6-9,12,15,20-21H2,1-5H3. The Kier molecular flexibility index (Phi) is 7.82. The fourth-order valence-corrected chi connectivity index (χ4v) is 8.32. The molecule has 1 atom stereocenters. The number of thiophene rings is 1. The van der Waals surface area contributed by atoms with E-state index in [4.69, 9.17) is 0 Å². The second-order valence-electron chi connectivity index (χ2n) is 13.1. The first-order valence-electron chi connectivity index (χ1n) is 15.4. The van der Waals surface area contributed by atoms with Gasteiger partial charge in [-0.15, -0.1) is 11.3 Å². The number of fused-ring (bicyclic) bond motifs is 4. The third-order valence-corrected chi connectivity index (χ3v) is 10.8. The van der Waals surface area contributed by atoms with Gasteiger partial charge in [-0.25, -0.2) is 0 Å². The number of hydrogen-bond acceptors (Lipinski definition) is 4. The summed E-state index contributed by atoms with van der Waals surface area (Å²) in [5, 5.41) is 4.98. The van der Waals surface area contributed by atoms with Gasteiger partial charge in [0, 0.05) is 41.8 Å². The molecule has 2 aliphatic heterocycles. The number of hydrogen-bond donors (Lipinski definition) is 2. The summed E-state index contributed by atoms with van der Waals surface area (Å²) in [5.41, 5.74) is 7.12. The van der Waals surface area contributed by atoms with Gasteiger partial charge in [-0.1, -0.05) is 24.1 Å². The van der Waals surface area contributed by atoms with E-state index >= 15 is 0 Å². The quantitative estimate of drug-likeness (QED) is 0.205. The molecule has 1 aliphatic carbocycles. The number of H-pyrrole nitrogens is 1. The number of amides is 1. The Morgan fingerprint density at radius 1 is 1.10 bits per heavy atom. The number of aryl methyl sites for hydroxylation is 2. The van der Waals surface area contributed by atoms with Crippen molar-refractivity contribution in [3.63, 3.8) is 0 Å². The van der Waals surface area contributed by atoms with Crippen LogP contribution in [-0.2, 0) is 16.6 Å². The van der Waals surface area contributed by atoms with Crippen LogP contribution >= 0.6 is 11.3 Å². The van der Waals surface area contributed by atoms with E-state index in [1.807, 2.05) is 12.4 Å². The summed E-state index contributed by atoms with van der Waals surface area (Å²) in [7, 11) is 0. The van der Waals surface area contributed by atoms with Crippen molar-refractivity contribution in [2.75, 3.05) is 19.6 Å². The first-order valence-corrected chi connectivity index (χ1v) is 16.2. The number of nitrogens with one attached hydrogen (secondary N) is 2. The number of pyridine rings is 1. The highest BCUT2D eigenvalue weighted by Crippen LogP contribution is 2.44. The zero-order valence-electron chi connectivity index (χ0n) is 25.2. The third-order valence-electron chi connectivity index (χ3n) is 9.45. The monoisotopic (exact) mass is 568 g/mol. The average molecular weight is 569 g/mol. The van der Waals surface area contributed by atoms with Crippen molar-refractivity contribution >= 4 is 27.5 Å². The van der Waals surface area contributed by atoms with E-state index in [9.17, 15) is 4.79 Å². The highest BCUT2D eigenvalue weighted by molar-refractivity contribution is 7.19. The van der Waals surface area contributed by atoms with Crippen LogP contribution in [0.5, 0.6) is 0 Å². The number of benzene rings is 1. The van der Waals surface area contributed by atoms with E-state index in [2.05, 4.69) is 91.2 Å². The zero-order chi connectivity index (χ0) is 28.7. The average Bonchev–Trinajstić information content (AvgIpc) is 3.55. The molecule has 3 fully saturated rings. The Hall–Kier alpha value is -2.96. The molecule has 7 rings (SSSR count). The number of nitrogens with zero attached hydrogens (tertiary/aromatic N) is 2. The van der Waals surface area contributed by atoms with E-state index in [0.717, 1.165) is 30.9 Å². The molecule has 216 valence electrons. The van der Waals surface area contributed by atoms with Crippen LogP contribution in [0, 0.1) is 19.8 Å². The lowest BCUT2D eigenvalue weighted by molar-refractivity contribution is -0.143. The van der Waals surface area contributed by atoms with Crippen LogP contribution in [0.3, 0.4) is 0 Å². The van der Waals surface area contributed by atoms with Gasteiger partial charge < -0.3 is 15.2 Å². The van der Waals surface area contributed by atoms with Crippen molar-refractivity contribution in [1.82, 2.24) is 20.2 Å². The molecular formula is C35H44N4OS. The molecule has 5 heterocycles. The van der Waals surface area contributed by atoms with Gasteiger partial charge in [-0.2, -0.15) is 0 Å². The topological polar surface area (TPSA) is 61.0 Å². The molecule has 1 aromatic carbocycles. The van der Waals surface area contributed by atoms with Crippen molar-refractivity contribution in [1.29, 1.82) is 0 Å². The second kappa shape index (κ2) is 11.4. The van der Waals surface area contributed by atoms with Crippen molar-refractivity contribution in [3.8, 4) is 11.3 Å². The SMILES string of the molecule is Cc1cc(C)cc(-c2[nH]c3sc(C(C)(C)C(=O)N4CC5CCC4CC5)cc3c2C(C)CNCCc2ccncc2)c1. The van der Waals surface area contributed by atoms with E-state index in [1.54, 1.807) is 11.3 Å². The summed E-state index contributed by atoms with van der Waals surface area (Å²) in [6.45, 7) is 13.7. The molecule has 1 saturated carbocycles. The lowest BCUT2D eigenvalue weighted by atomic mass is 9.78. The maximum atomic E-state index is 14.0. The van der Waals surface area contributed by atoms with E-state index < -0.39 is 5.41 Å². The Morgan fingerprint density at radius 3 is 2.46 bits per heavy atom. The van der Waals surface area contributed by atoms with Crippen molar-refractivity contribution in [2.45, 2.75) is 84.1 Å². The van der Waals surface area contributed by atoms with Gasteiger partial charge in [0.05, 0.1) is 11.1 Å². The molecule has 1 unspecified atom stereocenters. The molecular weight excluding hydrogens is 524 g/mol. The third kappa shape index (κ3) is 5.61. The zero-order valence-corrected chi connectivity index (χ0v) is 26.0. The molecule has 41 heavy (non-hydrogen) atoms. The van der Waals surface area contributed by atoms with E-state index in [1.165, 1.54) is 69.4 Å². The van der Waals surface area contributed by atoms with Gasteiger partial charge in [0.25, 0.3) is 0 Å². The maximum Gasteiger partial charge on any atom is 0.233 e. The predicted molar refractivity (Wildman–Crippen MR) is 171 cm³/mol. The molecule has 2 bridgehead atoms. The molecule has 6 heteroatoms. The normalized spacial score (nSPS) is 19.7. The molecule has 0 spiro atoms. The summed E-state index contributed by atoms with van der Waals surface area (Å²) in [6, 6.07) is 13.7. The number of aromatic nitrogens is 2. The summed E-state index contributed by atoms with van der Waals surface area (Å²) >= 11 is 1.77. The lowest BCUT2D eigenvalue weighted by Crippen LogP contribution is -2.55. The summed E-state index contributed by atoms with van der Waals surface area (Å²) in [5.74, 6) is 1.30. The van der Waals surface area contributed by atoms with Crippen molar-refractivity contribution < 1.29 is 4.79 Å². The Balaban J connectivity index is 1.30. The van der Waals surface area contributed by atoms with Crippen LogP contribution in [-0.4, -0.2) is 46.5 Å². The van der Waals surface area contributed by atoms with Crippen molar-refractivity contribution in [3.05, 3.63) is 75.9 Å². The van der Waals surface area contributed by atoms with Crippen molar-refractivity contribution in [2.24, 2.45) is 5.92 Å². The largest absolute Gasteiger partial charge is 0.346 e. The maximum absolute atomic E-state index is 14.0. The number of carbonyl (C=O) groups is 1. The molecule has 2 saturated heterocycles. The molecule has 4 aromatic rings. The minimum Gasteiger partial charge on any atom is -0.346 e. The molecule has 3 aromatic heterocycles.